The predicted octanol–water partition coefficient (Wildman–Crippen LogP) is 3.89. The topological polar surface area (TPSA) is 103 Å². The van der Waals surface area contributed by atoms with Gasteiger partial charge in [-0.05, 0) is 48.2 Å². The molecule has 0 spiro atoms. The number of aryl methyl sites for hydroxylation is 1. The third kappa shape index (κ3) is 4.09. The van der Waals surface area contributed by atoms with E-state index in [1.54, 1.807) is 41.9 Å². The lowest BCUT2D eigenvalue weighted by Gasteiger charge is -2.07. The predicted molar refractivity (Wildman–Crippen MR) is 100 cm³/mol. The lowest BCUT2D eigenvalue weighted by molar-refractivity contribution is -0.387. The van der Waals surface area contributed by atoms with Gasteiger partial charge in [0.1, 0.15) is 6.33 Å². The van der Waals surface area contributed by atoms with Crippen LogP contribution >= 0.6 is 27.7 Å². The molecule has 132 valence electrons. The molecule has 8 nitrogen and oxygen atoms in total. The minimum Gasteiger partial charge on any atom is -0.322 e. The molecule has 0 fully saturated rings. The number of aromatic nitrogens is 3. The average Bonchev–Trinajstić information content (AvgIpc) is 3.02. The van der Waals surface area contributed by atoms with E-state index >= 15 is 0 Å². The molecule has 1 aromatic heterocycles. The summed E-state index contributed by atoms with van der Waals surface area (Å²) in [6, 6.07) is 11.4. The van der Waals surface area contributed by atoms with Gasteiger partial charge in [-0.3, -0.25) is 14.9 Å². The highest BCUT2D eigenvalue weighted by atomic mass is 79.9. The Hall–Kier alpha value is -2.72. The number of halogens is 1. The molecular formula is C16H12BrN5O3S. The van der Waals surface area contributed by atoms with Crippen molar-refractivity contribution in [2.45, 2.75) is 10.1 Å². The maximum absolute atomic E-state index is 12.4. The molecule has 26 heavy (non-hydrogen) atoms. The number of benzene rings is 2. The summed E-state index contributed by atoms with van der Waals surface area (Å²) in [5.74, 6) is -0.425. The van der Waals surface area contributed by atoms with E-state index < -0.39 is 10.8 Å². The van der Waals surface area contributed by atoms with Gasteiger partial charge in [0.25, 0.3) is 11.6 Å². The van der Waals surface area contributed by atoms with Gasteiger partial charge in [-0.15, -0.1) is 10.2 Å². The monoisotopic (exact) mass is 433 g/mol. The number of anilines is 1. The molecule has 3 aromatic rings. The van der Waals surface area contributed by atoms with Gasteiger partial charge >= 0.3 is 0 Å². The van der Waals surface area contributed by atoms with Crippen LogP contribution in [0.2, 0.25) is 0 Å². The van der Waals surface area contributed by atoms with Crippen molar-refractivity contribution in [1.29, 1.82) is 0 Å². The first-order valence-corrected chi connectivity index (χ1v) is 8.92. The van der Waals surface area contributed by atoms with Crippen LogP contribution in [-0.2, 0) is 7.05 Å². The van der Waals surface area contributed by atoms with Crippen molar-refractivity contribution in [3.05, 3.63) is 68.9 Å². The van der Waals surface area contributed by atoms with Gasteiger partial charge in [0.2, 0.25) is 0 Å². The van der Waals surface area contributed by atoms with E-state index in [9.17, 15) is 14.9 Å². The number of rotatable bonds is 5. The van der Waals surface area contributed by atoms with Gasteiger partial charge in [-0.25, -0.2) is 0 Å². The third-order valence-electron chi connectivity index (χ3n) is 3.39. The van der Waals surface area contributed by atoms with E-state index in [0.717, 1.165) is 16.2 Å². The fourth-order valence-electron chi connectivity index (χ4n) is 2.09. The highest BCUT2D eigenvalue weighted by molar-refractivity contribution is 9.10. The molecule has 0 bridgehead atoms. The molecule has 0 radical (unpaired) electrons. The molecule has 1 heterocycles. The number of nitrogens with one attached hydrogen (secondary N) is 1. The summed E-state index contributed by atoms with van der Waals surface area (Å²) in [6.45, 7) is 0. The minimum absolute atomic E-state index is 0.165. The Morgan fingerprint density at radius 3 is 2.62 bits per heavy atom. The van der Waals surface area contributed by atoms with Crippen LogP contribution in [0.25, 0.3) is 0 Å². The molecule has 2 aromatic carbocycles. The molecule has 0 aliphatic rings. The first kappa shape index (κ1) is 18.1. The summed E-state index contributed by atoms with van der Waals surface area (Å²) in [4.78, 5) is 23.7. The third-order valence-corrected chi connectivity index (χ3v) is 5.04. The second kappa shape index (κ2) is 7.67. The Morgan fingerprint density at radius 1 is 1.27 bits per heavy atom. The first-order valence-electron chi connectivity index (χ1n) is 7.31. The summed E-state index contributed by atoms with van der Waals surface area (Å²) in [5.41, 5.74) is 0.627. The highest BCUT2D eigenvalue weighted by Gasteiger charge is 2.20. The Kier molecular flexibility index (Phi) is 5.33. The van der Waals surface area contributed by atoms with Crippen molar-refractivity contribution < 1.29 is 9.72 Å². The van der Waals surface area contributed by atoms with Crippen molar-refractivity contribution in [2.24, 2.45) is 7.05 Å². The molecule has 0 aliphatic carbocycles. The van der Waals surface area contributed by atoms with Gasteiger partial charge in [0, 0.05) is 28.8 Å². The van der Waals surface area contributed by atoms with Crippen molar-refractivity contribution in [2.75, 3.05) is 5.32 Å². The maximum Gasteiger partial charge on any atom is 0.284 e. The van der Waals surface area contributed by atoms with Gasteiger partial charge in [0.05, 0.1) is 9.82 Å². The highest BCUT2D eigenvalue weighted by Crippen LogP contribution is 2.34. The Labute approximate surface area is 160 Å². The zero-order valence-electron chi connectivity index (χ0n) is 13.4. The molecule has 0 atom stereocenters. The lowest BCUT2D eigenvalue weighted by atomic mass is 10.2. The maximum atomic E-state index is 12.4. The number of nitrogens with zero attached hydrogens (tertiary/aromatic N) is 4. The van der Waals surface area contributed by atoms with Crippen molar-refractivity contribution in [3.8, 4) is 0 Å². The Bertz CT molecular complexity index is 974. The normalized spacial score (nSPS) is 10.5. The molecule has 0 unspecified atom stereocenters. The van der Waals surface area contributed by atoms with Gasteiger partial charge in [-0.1, -0.05) is 15.9 Å². The van der Waals surface area contributed by atoms with Crippen LogP contribution in [0.4, 0.5) is 11.4 Å². The van der Waals surface area contributed by atoms with Crippen LogP contribution in [0, 0.1) is 10.1 Å². The molecule has 0 saturated heterocycles. The van der Waals surface area contributed by atoms with Crippen LogP contribution in [0.3, 0.4) is 0 Å². The Morgan fingerprint density at radius 2 is 2.00 bits per heavy atom. The SMILES string of the molecule is Cn1cnnc1Sc1ccc(C(=O)Nc2ccc(Br)cc2)cc1[N+](=O)[O-]. The molecule has 0 aliphatic heterocycles. The van der Waals surface area contributed by atoms with E-state index in [4.69, 9.17) is 0 Å². The van der Waals surface area contributed by atoms with Gasteiger partial charge in [-0.2, -0.15) is 0 Å². The van der Waals surface area contributed by atoms with Crippen molar-refractivity contribution in [1.82, 2.24) is 14.8 Å². The molecule has 1 amide bonds. The molecule has 1 N–H and O–H groups in total. The smallest absolute Gasteiger partial charge is 0.284 e. The number of hydrogen-bond acceptors (Lipinski definition) is 6. The van der Waals surface area contributed by atoms with Crippen molar-refractivity contribution >= 4 is 45.0 Å². The minimum atomic E-state index is -0.519. The molecule has 10 heteroatoms. The van der Waals surface area contributed by atoms with Crippen LogP contribution in [0.5, 0.6) is 0 Å². The van der Waals surface area contributed by atoms with Crippen molar-refractivity contribution in [3.63, 3.8) is 0 Å². The lowest BCUT2D eigenvalue weighted by Crippen LogP contribution is -2.12. The average molecular weight is 434 g/mol. The Balaban J connectivity index is 1.85. The molecule has 3 rings (SSSR count). The number of hydrogen-bond donors (Lipinski definition) is 1. The van der Waals surface area contributed by atoms with E-state index in [-0.39, 0.29) is 11.3 Å². The largest absolute Gasteiger partial charge is 0.322 e. The number of carbonyl (C=O) groups excluding carboxylic acids is 1. The van der Waals surface area contributed by atoms with Crippen LogP contribution < -0.4 is 5.32 Å². The summed E-state index contributed by atoms with van der Waals surface area (Å²) in [6.07, 6.45) is 1.51. The standard InChI is InChI=1S/C16H12BrN5O3S/c1-21-9-18-20-16(21)26-14-7-2-10(8-13(14)22(24)25)15(23)19-12-5-3-11(17)4-6-12/h2-9H,1H3,(H,19,23). The fourth-order valence-corrected chi connectivity index (χ4v) is 3.20. The number of carbonyl (C=O) groups is 1. The quantitative estimate of drug-likeness (QED) is 0.483. The summed E-state index contributed by atoms with van der Waals surface area (Å²) in [5, 5.41) is 22.3. The van der Waals surface area contributed by atoms with E-state index in [2.05, 4.69) is 31.4 Å². The molecule has 0 saturated carbocycles. The van der Waals surface area contributed by atoms with E-state index in [1.165, 1.54) is 18.5 Å². The number of amides is 1. The zero-order valence-corrected chi connectivity index (χ0v) is 15.8. The van der Waals surface area contributed by atoms with Crippen LogP contribution in [0.15, 0.2) is 63.3 Å². The van der Waals surface area contributed by atoms with Gasteiger partial charge < -0.3 is 9.88 Å². The van der Waals surface area contributed by atoms with Gasteiger partial charge in [0.15, 0.2) is 5.16 Å². The summed E-state index contributed by atoms with van der Waals surface area (Å²) in [7, 11) is 1.74. The van der Waals surface area contributed by atoms with E-state index in [1.807, 2.05) is 0 Å². The van der Waals surface area contributed by atoms with Crippen LogP contribution in [0.1, 0.15) is 10.4 Å². The number of nitro benzene ring substituents is 1. The second-order valence-electron chi connectivity index (χ2n) is 5.23. The summed E-state index contributed by atoms with van der Waals surface area (Å²) >= 11 is 4.43. The molecular weight excluding hydrogens is 422 g/mol. The summed E-state index contributed by atoms with van der Waals surface area (Å²) < 4.78 is 2.54. The van der Waals surface area contributed by atoms with E-state index in [0.29, 0.717) is 15.7 Å². The second-order valence-corrected chi connectivity index (χ2v) is 7.15. The zero-order chi connectivity index (χ0) is 18.7. The number of nitro groups is 1. The van der Waals surface area contributed by atoms with Crippen LogP contribution in [-0.4, -0.2) is 25.6 Å². The fraction of sp³-hybridized carbons (Fsp3) is 0.0625. The first-order chi connectivity index (χ1) is 12.4.